The SMILES string of the molecule is CCc1ccccc1-n1cnnc1SCC(=O)Nc1cccc(Cl)c1. The topological polar surface area (TPSA) is 59.8 Å². The van der Waals surface area contributed by atoms with Crippen molar-refractivity contribution in [2.45, 2.75) is 18.5 Å². The van der Waals surface area contributed by atoms with E-state index in [0.29, 0.717) is 15.9 Å². The van der Waals surface area contributed by atoms with Crippen LogP contribution < -0.4 is 5.32 Å². The Bertz CT molecular complexity index is 881. The van der Waals surface area contributed by atoms with Gasteiger partial charge in [-0.05, 0) is 36.2 Å². The molecule has 0 bridgehead atoms. The van der Waals surface area contributed by atoms with E-state index in [2.05, 4.69) is 28.5 Å². The van der Waals surface area contributed by atoms with Crippen LogP contribution in [-0.4, -0.2) is 26.4 Å². The standard InChI is InChI=1S/C18H17ClN4OS/c1-2-13-6-3-4-9-16(13)23-12-20-22-18(23)25-11-17(24)21-15-8-5-7-14(19)10-15/h3-10,12H,2,11H2,1H3,(H,21,24). The smallest absolute Gasteiger partial charge is 0.234 e. The predicted octanol–water partition coefficient (Wildman–Crippen LogP) is 4.21. The first-order chi connectivity index (χ1) is 12.2. The molecule has 2 aromatic carbocycles. The first-order valence-corrected chi connectivity index (χ1v) is 9.20. The molecule has 25 heavy (non-hydrogen) atoms. The summed E-state index contributed by atoms with van der Waals surface area (Å²) in [7, 11) is 0. The van der Waals surface area contributed by atoms with Crippen molar-refractivity contribution in [1.29, 1.82) is 0 Å². The van der Waals surface area contributed by atoms with Gasteiger partial charge in [0.1, 0.15) is 6.33 Å². The molecule has 0 atom stereocenters. The third-order valence-corrected chi connectivity index (χ3v) is 4.77. The van der Waals surface area contributed by atoms with E-state index >= 15 is 0 Å². The van der Waals surface area contributed by atoms with E-state index in [1.54, 1.807) is 30.6 Å². The fourth-order valence-corrected chi connectivity index (χ4v) is 3.34. The van der Waals surface area contributed by atoms with Gasteiger partial charge in [-0.1, -0.05) is 54.6 Å². The van der Waals surface area contributed by atoms with Crippen molar-refractivity contribution in [1.82, 2.24) is 14.8 Å². The van der Waals surface area contributed by atoms with E-state index in [1.165, 1.54) is 17.3 Å². The van der Waals surface area contributed by atoms with E-state index in [1.807, 2.05) is 22.8 Å². The molecule has 0 radical (unpaired) electrons. The van der Waals surface area contributed by atoms with E-state index < -0.39 is 0 Å². The molecule has 0 unspecified atom stereocenters. The third-order valence-electron chi connectivity index (χ3n) is 3.59. The maximum absolute atomic E-state index is 12.2. The molecule has 0 fully saturated rings. The highest BCUT2D eigenvalue weighted by molar-refractivity contribution is 7.99. The summed E-state index contributed by atoms with van der Waals surface area (Å²) in [6.07, 6.45) is 2.58. The highest BCUT2D eigenvalue weighted by Crippen LogP contribution is 2.23. The molecule has 7 heteroatoms. The second-order valence-electron chi connectivity index (χ2n) is 5.31. The summed E-state index contributed by atoms with van der Waals surface area (Å²) in [4.78, 5) is 12.2. The van der Waals surface area contributed by atoms with Gasteiger partial charge in [-0.25, -0.2) is 0 Å². The second kappa shape index (κ2) is 8.18. The second-order valence-corrected chi connectivity index (χ2v) is 6.69. The van der Waals surface area contributed by atoms with Crippen molar-refractivity contribution in [3.05, 3.63) is 65.4 Å². The molecule has 0 spiro atoms. The van der Waals surface area contributed by atoms with Gasteiger partial charge >= 0.3 is 0 Å². The largest absolute Gasteiger partial charge is 0.325 e. The molecular weight excluding hydrogens is 356 g/mol. The zero-order valence-electron chi connectivity index (χ0n) is 13.6. The summed E-state index contributed by atoms with van der Waals surface area (Å²) in [5.74, 6) is 0.116. The number of thioether (sulfide) groups is 1. The van der Waals surface area contributed by atoms with Crippen LogP contribution in [0.25, 0.3) is 5.69 Å². The Labute approximate surface area is 155 Å². The number of halogens is 1. The molecule has 1 heterocycles. The Morgan fingerprint density at radius 2 is 2.08 bits per heavy atom. The van der Waals surface area contributed by atoms with Crippen LogP contribution in [-0.2, 0) is 11.2 Å². The molecule has 0 aliphatic rings. The Balaban J connectivity index is 1.68. The maximum atomic E-state index is 12.2. The molecule has 0 aliphatic heterocycles. The summed E-state index contributed by atoms with van der Waals surface area (Å²) in [5, 5.41) is 12.2. The fourth-order valence-electron chi connectivity index (χ4n) is 2.43. The van der Waals surface area contributed by atoms with Gasteiger partial charge in [0.05, 0.1) is 11.4 Å². The van der Waals surface area contributed by atoms with Crippen LogP contribution in [0.15, 0.2) is 60.0 Å². The Kier molecular flexibility index (Phi) is 5.73. The first kappa shape index (κ1) is 17.5. The van der Waals surface area contributed by atoms with Crippen molar-refractivity contribution in [3.63, 3.8) is 0 Å². The van der Waals surface area contributed by atoms with E-state index in [-0.39, 0.29) is 11.7 Å². The van der Waals surface area contributed by atoms with Gasteiger partial charge in [-0.2, -0.15) is 0 Å². The molecule has 0 aliphatic carbocycles. The zero-order chi connectivity index (χ0) is 17.6. The van der Waals surface area contributed by atoms with Gasteiger partial charge < -0.3 is 5.32 Å². The minimum Gasteiger partial charge on any atom is -0.325 e. The lowest BCUT2D eigenvalue weighted by atomic mass is 10.1. The number of carbonyl (C=O) groups is 1. The van der Waals surface area contributed by atoms with E-state index in [4.69, 9.17) is 11.6 Å². The lowest BCUT2D eigenvalue weighted by molar-refractivity contribution is -0.113. The Morgan fingerprint density at radius 1 is 1.24 bits per heavy atom. The molecule has 3 rings (SSSR count). The summed E-state index contributed by atoms with van der Waals surface area (Å²) < 4.78 is 1.91. The number of amides is 1. The average molecular weight is 373 g/mol. The lowest BCUT2D eigenvalue weighted by Gasteiger charge is -2.10. The number of benzene rings is 2. The molecule has 1 amide bonds. The highest BCUT2D eigenvalue weighted by Gasteiger charge is 2.12. The van der Waals surface area contributed by atoms with Crippen LogP contribution in [0.2, 0.25) is 5.02 Å². The minimum absolute atomic E-state index is 0.120. The van der Waals surface area contributed by atoms with Crippen molar-refractivity contribution >= 4 is 35.0 Å². The number of para-hydroxylation sites is 1. The summed E-state index contributed by atoms with van der Waals surface area (Å²) in [5.41, 5.74) is 2.91. The number of hydrogen-bond donors (Lipinski definition) is 1. The van der Waals surface area contributed by atoms with Gasteiger partial charge in [0.15, 0.2) is 5.16 Å². The molecular formula is C18H17ClN4OS. The van der Waals surface area contributed by atoms with Crippen LogP contribution in [0.5, 0.6) is 0 Å². The average Bonchev–Trinajstić information content (AvgIpc) is 3.08. The molecule has 1 aromatic heterocycles. The molecule has 3 aromatic rings. The van der Waals surface area contributed by atoms with Gasteiger partial charge in [0.25, 0.3) is 0 Å². The van der Waals surface area contributed by atoms with Gasteiger partial charge in [-0.15, -0.1) is 10.2 Å². The molecule has 5 nitrogen and oxygen atoms in total. The number of rotatable bonds is 6. The number of carbonyl (C=O) groups excluding carboxylic acids is 1. The Morgan fingerprint density at radius 3 is 2.88 bits per heavy atom. The summed E-state index contributed by atoms with van der Waals surface area (Å²) in [6.45, 7) is 2.11. The number of nitrogens with zero attached hydrogens (tertiary/aromatic N) is 3. The van der Waals surface area contributed by atoms with E-state index in [9.17, 15) is 4.79 Å². The number of aromatic nitrogens is 3. The monoisotopic (exact) mass is 372 g/mol. The zero-order valence-corrected chi connectivity index (χ0v) is 15.2. The number of nitrogens with one attached hydrogen (secondary N) is 1. The molecule has 1 N–H and O–H groups in total. The first-order valence-electron chi connectivity index (χ1n) is 7.84. The number of aryl methyl sites for hydroxylation is 1. The molecule has 0 saturated carbocycles. The maximum Gasteiger partial charge on any atom is 0.234 e. The van der Waals surface area contributed by atoms with Crippen LogP contribution >= 0.6 is 23.4 Å². The minimum atomic E-state index is -0.120. The van der Waals surface area contributed by atoms with Gasteiger partial charge in [-0.3, -0.25) is 9.36 Å². The van der Waals surface area contributed by atoms with Crippen molar-refractivity contribution in [2.24, 2.45) is 0 Å². The summed E-state index contributed by atoms with van der Waals surface area (Å²) in [6, 6.07) is 15.2. The van der Waals surface area contributed by atoms with E-state index in [0.717, 1.165) is 12.1 Å². The summed E-state index contributed by atoms with van der Waals surface area (Å²) >= 11 is 7.27. The van der Waals surface area contributed by atoms with Gasteiger partial charge in [0.2, 0.25) is 5.91 Å². The quantitative estimate of drug-likeness (QED) is 0.658. The van der Waals surface area contributed by atoms with Crippen LogP contribution in [0.4, 0.5) is 5.69 Å². The lowest BCUT2D eigenvalue weighted by Crippen LogP contribution is -2.14. The predicted molar refractivity (Wildman–Crippen MR) is 102 cm³/mol. The fraction of sp³-hybridized carbons (Fsp3) is 0.167. The molecule has 0 saturated heterocycles. The van der Waals surface area contributed by atoms with Crippen molar-refractivity contribution < 1.29 is 4.79 Å². The molecule has 128 valence electrons. The third kappa shape index (κ3) is 4.41. The Hall–Kier alpha value is -2.31. The van der Waals surface area contributed by atoms with Crippen LogP contribution in [0.1, 0.15) is 12.5 Å². The highest BCUT2D eigenvalue weighted by atomic mass is 35.5. The van der Waals surface area contributed by atoms with Gasteiger partial charge in [0, 0.05) is 10.7 Å². The van der Waals surface area contributed by atoms with Crippen LogP contribution in [0, 0.1) is 0 Å². The number of hydrogen-bond acceptors (Lipinski definition) is 4. The van der Waals surface area contributed by atoms with Crippen molar-refractivity contribution in [2.75, 3.05) is 11.1 Å². The van der Waals surface area contributed by atoms with Crippen LogP contribution in [0.3, 0.4) is 0 Å². The number of anilines is 1. The van der Waals surface area contributed by atoms with Crippen molar-refractivity contribution in [3.8, 4) is 5.69 Å². The normalized spacial score (nSPS) is 10.6.